The number of halogens is 1. The zero-order valence-electron chi connectivity index (χ0n) is 13.8. The molecule has 1 aromatic carbocycles. The molecule has 122 valence electrons. The Bertz CT molecular complexity index is 518. The van der Waals surface area contributed by atoms with Crippen molar-refractivity contribution in [3.05, 3.63) is 33.8 Å². The number of hydrogen-bond acceptors (Lipinski definition) is 3. The molecule has 0 aliphatic heterocycles. The van der Waals surface area contributed by atoms with E-state index in [1.165, 1.54) is 0 Å². The fourth-order valence-corrected chi connectivity index (χ4v) is 2.86. The van der Waals surface area contributed by atoms with Crippen molar-refractivity contribution < 1.29 is 14.3 Å². The van der Waals surface area contributed by atoms with Crippen molar-refractivity contribution in [2.75, 3.05) is 0 Å². The van der Waals surface area contributed by atoms with Gasteiger partial charge in [0.1, 0.15) is 11.9 Å². The Morgan fingerprint density at radius 3 is 2.59 bits per heavy atom. The Morgan fingerprint density at radius 2 is 2.05 bits per heavy atom. The van der Waals surface area contributed by atoms with Gasteiger partial charge in [-0.05, 0) is 63.6 Å². The van der Waals surface area contributed by atoms with E-state index in [4.69, 9.17) is 4.74 Å². The zero-order valence-corrected chi connectivity index (χ0v) is 15.4. The molecule has 0 fully saturated rings. The third-order valence-electron chi connectivity index (χ3n) is 3.46. The van der Waals surface area contributed by atoms with Crippen molar-refractivity contribution in [1.82, 2.24) is 0 Å². The summed E-state index contributed by atoms with van der Waals surface area (Å²) in [6, 6.07) is 5.80. The number of carbonyl (C=O) groups is 2. The molecule has 1 rings (SSSR count). The SMILES string of the molecule is CCC(CCCC(=O)OC(C)(C)C)c1ccc(Br)cc1C=O. The van der Waals surface area contributed by atoms with E-state index in [-0.39, 0.29) is 11.9 Å². The fraction of sp³-hybridized carbons (Fsp3) is 0.556. The van der Waals surface area contributed by atoms with Crippen LogP contribution in [0, 0.1) is 0 Å². The maximum atomic E-state index is 11.7. The van der Waals surface area contributed by atoms with E-state index < -0.39 is 5.60 Å². The van der Waals surface area contributed by atoms with Gasteiger partial charge in [0.15, 0.2) is 0 Å². The lowest BCUT2D eigenvalue weighted by Crippen LogP contribution is -2.23. The lowest BCUT2D eigenvalue weighted by Gasteiger charge is -2.20. The van der Waals surface area contributed by atoms with Gasteiger partial charge in [-0.15, -0.1) is 0 Å². The summed E-state index contributed by atoms with van der Waals surface area (Å²) < 4.78 is 6.22. The second kappa shape index (κ2) is 8.47. The first-order valence-corrected chi connectivity index (χ1v) is 8.52. The fourth-order valence-electron chi connectivity index (χ4n) is 2.48. The van der Waals surface area contributed by atoms with E-state index in [1.54, 1.807) is 0 Å². The minimum absolute atomic E-state index is 0.159. The van der Waals surface area contributed by atoms with Crippen LogP contribution in [0.4, 0.5) is 0 Å². The largest absolute Gasteiger partial charge is 0.460 e. The molecule has 0 amide bonds. The predicted molar refractivity (Wildman–Crippen MR) is 92.3 cm³/mol. The first-order valence-electron chi connectivity index (χ1n) is 7.73. The number of benzene rings is 1. The molecule has 0 aromatic heterocycles. The van der Waals surface area contributed by atoms with Crippen molar-refractivity contribution >= 4 is 28.2 Å². The van der Waals surface area contributed by atoms with Crippen LogP contribution in [0.25, 0.3) is 0 Å². The number of esters is 1. The van der Waals surface area contributed by atoms with Gasteiger partial charge in [0.2, 0.25) is 0 Å². The second-order valence-corrected chi connectivity index (χ2v) is 7.39. The molecule has 0 aliphatic carbocycles. The highest BCUT2D eigenvalue weighted by Gasteiger charge is 2.18. The molecule has 0 bridgehead atoms. The van der Waals surface area contributed by atoms with Crippen molar-refractivity contribution in [2.45, 2.75) is 64.9 Å². The third-order valence-corrected chi connectivity index (χ3v) is 3.96. The topological polar surface area (TPSA) is 43.4 Å². The minimum Gasteiger partial charge on any atom is -0.460 e. The number of carbonyl (C=O) groups excluding carboxylic acids is 2. The van der Waals surface area contributed by atoms with E-state index in [0.29, 0.717) is 6.42 Å². The van der Waals surface area contributed by atoms with Crippen LogP contribution in [0.3, 0.4) is 0 Å². The first kappa shape index (κ1) is 18.9. The van der Waals surface area contributed by atoms with Crippen molar-refractivity contribution in [1.29, 1.82) is 0 Å². The summed E-state index contributed by atoms with van der Waals surface area (Å²) in [5.74, 6) is 0.129. The van der Waals surface area contributed by atoms with Gasteiger partial charge >= 0.3 is 5.97 Å². The molecule has 0 spiro atoms. The molecule has 22 heavy (non-hydrogen) atoms. The van der Waals surface area contributed by atoms with Crippen molar-refractivity contribution in [2.24, 2.45) is 0 Å². The predicted octanol–water partition coefficient (Wildman–Crippen LogP) is 5.27. The normalized spacial score (nSPS) is 12.8. The minimum atomic E-state index is -0.433. The van der Waals surface area contributed by atoms with Gasteiger partial charge in [-0.25, -0.2) is 0 Å². The molecule has 0 radical (unpaired) electrons. The first-order chi connectivity index (χ1) is 10.3. The van der Waals surface area contributed by atoms with E-state index in [0.717, 1.165) is 41.1 Å². The van der Waals surface area contributed by atoms with Gasteiger partial charge in [-0.2, -0.15) is 0 Å². The van der Waals surface area contributed by atoms with E-state index in [2.05, 4.69) is 22.9 Å². The molecular formula is C18H25BrO3. The molecular weight excluding hydrogens is 344 g/mol. The smallest absolute Gasteiger partial charge is 0.306 e. The summed E-state index contributed by atoms with van der Waals surface area (Å²) in [6.45, 7) is 7.72. The highest BCUT2D eigenvalue weighted by Crippen LogP contribution is 2.29. The second-order valence-electron chi connectivity index (χ2n) is 6.47. The Hall–Kier alpha value is -1.16. The number of rotatable bonds is 7. The Kier molecular flexibility index (Phi) is 7.27. The molecule has 1 atom stereocenters. The highest BCUT2D eigenvalue weighted by atomic mass is 79.9. The summed E-state index contributed by atoms with van der Waals surface area (Å²) in [5, 5.41) is 0. The Morgan fingerprint density at radius 1 is 1.36 bits per heavy atom. The van der Waals surface area contributed by atoms with Crippen LogP contribution in [-0.2, 0) is 9.53 Å². The van der Waals surface area contributed by atoms with Crippen LogP contribution in [-0.4, -0.2) is 17.9 Å². The van der Waals surface area contributed by atoms with Crippen LogP contribution in [0.1, 0.15) is 75.2 Å². The molecule has 4 heteroatoms. The van der Waals surface area contributed by atoms with Gasteiger partial charge in [0.25, 0.3) is 0 Å². The monoisotopic (exact) mass is 368 g/mol. The maximum Gasteiger partial charge on any atom is 0.306 e. The third kappa shape index (κ3) is 6.30. The van der Waals surface area contributed by atoms with Crippen molar-refractivity contribution in [3.8, 4) is 0 Å². The van der Waals surface area contributed by atoms with Crippen LogP contribution in [0.5, 0.6) is 0 Å². The van der Waals surface area contributed by atoms with Gasteiger partial charge in [0.05, 0.1) is 0 Å². The lowest BCUT2D eigenvalue weighted by atomic mass is 9.88. The van der Waals surface area contributed by atoms with Crippen molar-refractivity contribution in [3.63, 3.8) is 0 Å². The van der Waals surface area contributed by atoms with Crippen LogP contribution in [0.2, 0.25) is 0 Å². The molecule has 0 aliphatic rings. The maximum absolute atomic E-state index is 11.7. The van der Waals surface area contributed by atoms with Gasteiger partial charge in [0, 0.05) is 16.5 Å². The lowest BCUT2D eigenvalue weighted by molar-refractivity contribution is -0.154. The van der Waals surface area contributed by atoms with Crippen LogP contribution >= 0.6 is 15.9 Å². The van der Waals surface area contributed by atoms with Gasteiger partial charge in [-0.1, -0.05) is 28.9 Å². The number of aldehydes is 1. The molecule has 3 nitrogen and oxygen atoms in total. The number of ether oxygens (including phenoxy) is 1. The molecule has 0 heterocycles. The molecule has 1 unspecified atom stereocenters. The molecule has 0 N–H and O–H groups in total. The molecule has 1 aromatic rings. The van der Waals surface area contributed by atoms with E-state index in [9.17, 15) is 9.59 Å². The summed E-state index contributed by atoms with van der Waals surface area (Å²) >= 11 is 3.39. The zero-order chi connectivity index (χ0) is 16.8. The Labute approximate surface area is 141 Å². The average molecular weight is 369 g/mol. The standard InChI is InChI=1S/C18H25BrO3/c1-5-13(7-6-8-17(21)22-18(2,3)4)16-10-9-15(19)11-14(16)12-20/h9-13H,5-8H2,1-4H3. The average Bonchev–Trinajstić information content (AvgIpc) is 2.42. The Balaban J connectivity index is 2.63. The summed E-state index contributed by atoms with van der Waals surface area (Å²) in [7, 11) is 0. The molecule has 0 saturated carbocycles. The summed E-state index contributed by atoms with van der Waals surface area (Å²) in [5.41, 5.74) is 1.35. The number of hydrogen-bond donors (Lipinski definition) is 0. The summed E-state index contributed by atoms with van der Waals surface area (Å²) in [4.78, 5) is 23.0. The highest BCUT2D eigenvalue weighted by molar-refractivity contribution is 9.10. The molecule has 0 saturated heterocycles. The van der Waals surface area contributed by atoms with Gasteiger partial charge < -0.3 is 4.74 Å². The van der Waals surface area contributed by atoms with E-state index >= 15 is 0 Å². The van der Waals surface area contributed by atoms with Gasteiger partial charge in [-0.3, -0.25) is 9.59 Å². The summed E-state index contributed by atoms with van der Waals surface area (Å²) in [6.07, 6.45) is 3.90. The van der Waals surface area contributed by atoms with Crippen LogP contribution in [0.15, 0.2) is 22.7 Å². The van der Waals surface area contributed by atoms with Crippen LogP contribution < -0.4 is 0 Å². The van der Waals surface area contributed by atoms with E-state index in [1.807, 2.05) is 39.0 Å². The quantitative estimate of drug-likeness (QED) is 0.486.